The van der Waals surface area contributed by atoms with E-state index in [1.807, 2.05) is 48.7 Å². The zero-order chi connectivity index (χ0) is 10.7. The summed E-state index contributed by atoms with van der Waals surface area (Å²) in [6.45, 7) is 0. The van der Waals surface area contributed by atoms with Crippen LogP contribution >= 0.6 is 23.1 Å². The van der Waals surface area contributed by atoms with Crippen molar-refractivity contribution in [2.45, 2.75) is 4.21 Å². The van der Waals surface area contributed by atoms with Crippen LogP contribution in [0.1, 0.15) is 15.2 Å². The van der Waals surface area contributed by atoms with Crippen molar-refractivity contribution >= 4 is 28.9 Å². The molecule has 0 spiro atoms. The number of rotatable bonds is 3. The lowest BCUT2D eigenvalue weighted by atomic mass is 10.1. The molecule has 0 aliphatic heterocycles. The van der Waals surface area contributed by atoms with E-state index in [1.54, 1.807) is 23.1 Å². The molecule has 0 radical (unpaired) electrons. The Morgan fingerprint density at radius 2 is 1.87 bits per heavy atom. The number of carbonyl (C=O) groups is 1. The van der Waals surface area contributed by atoms with Gasteiger partial charge in [0.15, 0.2) is 0 Å². The predicted octanol–water partition coefficient (Wildman–Crippen LogP) is 3.70. The average molecular weight is 234 g/mol. The summed E-state index contributed by atoms with van der Waals surface area (Å²) in [6, 6.07) is 13.3. The molecule has 1 nitrogen and oxygen atoms in total. The Bertz CT molecular complexity index is 459. The third kappa shape index (κ3) is 2.30. The normalized spacial score (nSPS) is 10.2. The van der Waals surface area contributed by atoms with Gasteiger partial charge in [-0.2, -0.15) is 0 Å². The Hall–Kier alpha value is -1.06. The molecule has 0 unspecified atom stereocenters. The summed E-state index contributed by atoms with van der Waals surface area (Å²) >= 11 is 3.22. The van der Waals surface area contributed by atoms with Gasteiger partial charge in [-0.1, -0.05) is 30.3 Å². The Morgan fingerprint density at radius 3 is 2.47 bits per heavy atom. The van der Waals surface area contributed by atoms with E-state index >= 15 is 0 Å². The summed E-state index contributed by atoms with van der Waals surface area (Å²) in [5.41, 5.74) is 0.756. The minimum absolute atomic E-state index is 0.112. The van der Waals surface area contributed by atoms with Crippen LogP contribution in [-0.2, 0) is 0 Å². The van der Waals surface area contributed by atoms with Crippen LogP contribution < -0.4 is 0 Å². The van der Waals surface area contributed by atoms with Crippen LogP contribution in [0.4, 0.5) is 0 Å². The van der Waals surface area contributed by atoms with Gasteiger partial charge in [0.2, 0.25) is 5.78 Å². The van der Waals surface area contributed by atoms with Crippen LogP contribution in [0.25, 0.3) is 0 Å². The van der Waals surface area contributed by atoms with Crippen molar-refractivity contribution in [2.75, 3.05) is 6.26 Å². The highest BCUT2D eigenvalue weighted by molar-refractivity contribution is 8.00. The number of hydrogen-bond donors (Lipinski definition) is 0. The van der Waals surface area contributed by atoms with Crippen LogP contribution in [-0.4, -0.2) is 12.0 Å². The molecule has 1 heterocycles. The van der Waals surface area contributed by atoms with E-state index in [-0.39, 0.29) is 5.78 Å². The van der Waals surface area contributed by atoms with Gasteiger partial charge < -0.3 is 0 Å². The molecule has 0 saturated carbocycles. The average Bonchev–Trinajstić information content (AvgIpc) is 2.78. The van der Waals surface area contributed by atoms with Crippen LogP contribution in [0.2, 0.25) is 0 Å². The largest absolute Gasteiger partial charge is 0.288 e. The van der Waals surface area contributed by atoms with Gasteiger partial charge in [0.1, 0.15) is 0 Å². The molecule has 1 aromatic heterocycles. The molecule has 3 heteroatoms. The molecular weight excluding hydrogens is 224 g/mol. The Morgan fingerprint density at radius 1 is 1.13 bits per heavy atom. The monoisotopic (exact) mass is 234 g/mol. The van der Waals surface area contributed by atoms with E-state index in [4.69, 9.17) is 0 Å². The number of benzene rings is 1. The Balaban J connectivity index is 2.29. The van der Waals surface area contributed by atoms with Crippen LogP contribution in [0.5, 0.6) is 0 Å². The lowest BCUT2D eigenvalue weighted by molar-refractivity contribution is 0.104. The maximum atomic E-state index is 12.0. The SMILES string of the molecule is CSc1ccc(C(=O)c2ccccc2)s1. The van der Waals surface area contributed by atoms with Gasteiger partial charge in [0.25, 0.3) is 0 Å². The van der Waals surface area contributed by atoms with E-state index in [0.717, 1.165) is 10.4 Å². The minimum Gasteiger partial charge on any atom is -0.288 e. The molecule has 0 fully saturated rings. The summed E-state index contributed by atoms with van der Waals surface area (Å²) in [7, 11) is 0. The van der Waals surface area contributed by atoms with Gasteiger partial charge in [-0.3, -0.25) is 4.79 Å². The predicted molar refractivity (Wildman–Crippen MR) is 66.0 cm³/mol. The van der Waals surface area contributed by atoms with Crippen molar-refractivity contribution in [1.29, 1.82) is 0 Å². The molecule has 2 aromatic rings. The smallest absolute Gasteiger partial charge is 0.202 e. The van der Waals surface area contributed by atoms with E-state index in [2.05, 4.69) is 0 Å². The molecule has 0 atom stereocenters. The van der Waals surface area contributed by atoms with Gasteiger partial charge in [0, 0.05) is 5.56 Å². The molecule has 0 bridgehead atoms. The summed E-state index contributed by atoms with van der Waals surface area (Å²) in [5.74, 6) is 0.112. The maximum absolute atomic E-state index is 12.0. The summed E-state index contributed by atoms with van der Waals surface area (Å²) in [4.78, 5) is 12.8. The minimum atomic E-state index is 0.112. The van der Waals surface area contributed by atoms with E-state index in [9.17, 15) is 4.79 Å². The van der Waals surface area contributed by atoms with Gasteiger partial charge in [-0.05, 0) is 18.4 Å². The van der Waals surface area contributed by atoms with E-state index < -0.39 is 0 Å². The second-order valence-electron chi connectivity index (χ2n) is 3.02. The highest BCUT2D eigenvalue weighted by Crippen LogP contribution is 2.26. The number of ketones is 1. The first-order valence-corrected chi connectivity index (χ1v) is 6.59. The van der Waals surface area contributed by atoms with Crippen LogP contribution in [0.15, 0.2) is 46.7 Å². The molecule has 0 saturated heterocycles. The molecule has 0 aliphatic rings. The second kappa shape index (κ2) is 4.64. The fourth-order valence-electron chi connectivity index (χ4n) is 1.28. The number of thiophene rings is 1. The molecule has 0 aliphatic carbocycles. The van der Waals surface area contributed by atoms with E-state index in [1.165, 1.54) is 4.21 Å². The van der Waals surface area contributed by atoms with Crippen molar-refractivity contribution in [3.05, 3.63) is 52.9 Å². The van der Waals surface area contributed by atoms with Crippen LogP contribution in [0.3, 0.4) is 0 Å². The van der Waals surface area contributed by atoms with Crippen molar-refractivity contribution in [1.82, 2.24) is 0 Å². The highest BCUT2D eigenvalue weighted by atomic mass is 32.2. The number of carbonyl (C=O) groups excluding carboxylic acids is 1. The fraction of sp³-hybridized carbons (Fsp3) is 0.0833. The fourth-order valence-corrected chi connectivity index (χ4v) is 2.79. The van der Waals surface area contributed by atoms with E-state index in [0.29, 0.717) is 0 Å². The van der Waals surface area contributed by atoms with Gasteiger partial charge in [-0.25, -0.2) is 0 Å². The maximum Gasteiger partial charge on any atom is 0.202 e. The molecular formula is C12H10OS2. The van der Waals surface area contributed by atoms with Gasteiger partial charge >= 0.3 is 0 Å². The topological polar surface area (TPSA) is 17.1 Å². The first-order chi connectivity index (χ1) is 7.31. The van der Waals surface area contributed by atoms with Crippen molar-refractivity contribution in [3.63, 3.8) is 0 Å². The summed E-state index contributed by atoms with van der Waals surface area (Å²) in [5, 5.41) is 0. The van der Waals surface area contributed by atoms with Crippen molar-refractivity contribution in [3.8, 4) is 0 Å². The van der Waals surface area contributed by atoms with Crippen LogP contribution in [0, 0.1) is 0 Å². The summed E-state index contributed by atoms with van der Waals surface area (Å²) < 4.78 is 1.18. The lowest BCUT2D eigenvalue weighted by Gasteiger charge is -1.96. The third-order valence-electron chi connectivity index (χ3n) is 2.04. The molecule has 0 amide bonds. The first kappa shape index (κ1) is 10.5. The van der Waals surface area contributed by atoms with Crippen molar-refractivity contribution in [2.24, 2.45) is 0 Å². The third-order valence-corrected chi connectivity index (χ3v) is 4.21. The van der Waals surface area contributed by atoms with Gasteiger partial charge in [0.05, 0.1) is 9.09 Å². The lowest BCUT2D eigenvalue weighted by Crippen LogP contribution is -1.97. The zero-order valence-corrected chi connectivity index (χ0v) is 9.90. The molecule has 1 aromatic carbocycles. The quantitative estimate of drug-likeness (QED) is 0.595. The Kier molecular flexibility index (Phi) is 3.23. The number of hydrogen-bond acceptors (Lipinski definition) is 3. The second-order valence-corrected chi connectivity index (χ2v) is 5.21. The molecule has 2 rings (SSSR count). The molecule has 0 N–H and O–H groups in total. The van der Waals surface area contributed by atoms with Crippen molar-refractivity contribution < 1.29 is 4.79 Å². The zero-order valence-electron chi connectivity index (χ0n) is 8.27. The number of thioether (sulfide) groups is 1. The highest BCUT2D eigenvalue weighted by Gasteiger charge is 2.10. The molecule has 76 valence electrons. The Labute approximate surface area is 97.1 Å². The van der Waals surface area contributed by atoms with Gasteiger partial charge in [-0.15, -0.1) is 23.1 Å². The first-order valence-electron chi connectivity index (χ1n) is 4.55. The summed E-state index contributed by atoms with van der Waals surface area (Å²) in [6.07, 6.45) is 2.02. The standard InChI is InChI=1S/C12H10OS2/c1-14-11-8-7-10(15-11)12(13)9-5-3-2-4-6-9/h2-8H,1H3. The molecule has 15 heavy (non-hydrogen) atoms.